The largest absolute Gasteiger partial charge is 0.382 e. The van der Waals surface area contributed by atoms with E-state index in [0.29, 0.717) is 12.3 Å². The van der Waals surface area contributed by atoms with Gasteiger partial charge in [0.15, 0.2) is 0 Å². The van der Waals surface area contributed by atoms with Gasteiger partial charge < -0.3 is 15.0 Å². The average Bonchev–Trinajstić information content (AvgIpc) is 3.17. The molecular weight excluding hydrogens is 304 g/mol. The summed E-state index contributed by atoms with van der Waals surface area (Å²) in [5.41, 5.74) is 3.52. The number of rotatable bonds is 6. The van der Waals surface area contributed by atoms with E-state index in [9.17, 15) is 4.79 Å². The lowest BCUT2D eigenvalue weighted by atomic mass is 10.1. The molecule has 126 valence electrons. The summed E-state index contributed by atoms with van der Waals surface area (Å²) in [4.78, 5) is 16.1. The van der Waals surface area contributed by atoms with Crippen molar-refractivity contribution >= 4 is 16.8 Å². The minimum absolute atomic E-state index is 0.133. The SMILES string of the molecule is CCc1c(C(=O)NC(COC)c2ccnn2C)[nH]c2ccccc12. The second kappa shape index (κ2) is 6.88. The topological polar surface area (TPSA) is 71.9 Å². The zero-order valence-electron chi connectivity index (χ0n) is 14.2. The summed E-state index contributed by atoms with van der Waals surface area (Å²) in [6.07, 6.45) is 2.50. The summed E-state index contributed by atoms with van der Waals surface area (Å²) in [6, 6.07) is 9.60. The van der Waals surface area contributed by atoms with Crippen molar-refractivity contribution in [2.24, 2.45) is 7.05 Å². The van der Waals surface area contributed by atoms with Gasteiger partial charge in [-0.05, 0) is 24.1 Å². The van der Waals surface area contributed by atoms with E-state index < -0.39 is 0 Å². The maximum Gasteiger partial charge on any atom is 0.268 e. The number of carbonyl (C=O) groups excluding carboxylic acids is 1. The Labute approximate surface area is 140 Å². The highest BCUT2D eigenvalue weighted by Gasteiger charge is 2.22. The van der Waals surface area contributed by atoms with Gasteiger partial charge in [0.2, 0.25) is 0 Å². The van der Waals surface area contributed by atoms with Crippen molar-refractivity contribution < 1.29 is 9.53 Å². The normalized spacial score (nSPS) is 12.5. The van der Waals surface area contributed by atoms with E-state index in [4.69, 9.17) is 4.74 Å². The Hall–Kier alpha value is -2.60. The third-order valence-electron chi connectivity index (χ3n) is 4.25. The molecule has 0 bridgehead atoms. The van der Waals surface area contributed by atoms with Crippen LogP contribution in [0.2, 0.25) is 0 Å². The van der Waals surface area contributed by atoms with Gasteiger partial charge in [0.05, 0.1) is 18.3 Å². The number of hydrogen-bond donors (Lipinski definition) is 2. The summed E-state index contributed by atoms with van der Waals surface area (Å²) in [7, 11) is 3.47. The Bertz CT molecular complexity index is 850. The summed E-state index contributed by atoms with van der Waals surface area (Å²) in [6.45, 7) is 2.44. The summed E-state index contributed by atoms with van der Waals surface area (Å²) < 4.78 is 7.01. The fraction of sp³-hybridized carbons (Fsp3) is 0.333. The maximum absolute atomic E-state index is 12.9. The number of hydrogen-bond acceptors (Lipinski definition) is 3. The van der Waals surface area contributed by atoms with Gasteiger partial charge in [-0.2, -0.15) is 5.10 Å². The summed E-state index contributed by atoms with van der Waals surface area (Å²) >= 11 is 0. The van der Waals surface area contributed by atoms with E-state index in [0.717, 1.165) is 28.6 Å². The van der Waals surface area contributed by atoms with E-state index in [2.05, 4.69) is 22.3 Å². The number of nitrogens with zero attached hydrogens (tertiary/aromatic N) is 2. The number of aryl methyl sites for hydroxylation is 2. The van der Waals surface area contributed by atoms with E-state index in [-0.39, 0.29) is 11.9 Å². The van der Waals surface area contributed by atoms with Crippen LogP contribution in [0, 0.1) is 0 Å². The quantitative estimate of drug-likeness (QED) is 0.731. The van der Waals surface area contributed by atoms with Crippen molar-refractivity contribution in [2.75, 3.05) is 13.7 Å². The van der Waals surface area contributed by atoms with E-state index in [1.54, 1.807) is 18.0 Å². The number of fused-ring (bicyclic) bond motifs is 1. The predicted octanol–water partition coefficient (Wildman–Crippen LogP) is 2.58. The zero-order chi connectivity index (χ0) is 17.1. The molecule has 0 radical (unpaired) electrons. The fourth-order valence-corrected chi connectivity index (χ4v) is 3.09. The van der Waals surface area contributed by atoms with Crippen LogP contribution in [-0.2, 0) is 18.2 Å². The molecule has 6 heteroatoms. The second-order valence-electron chi connectivity index (χ2n) is 5.74. The molecule has 0 saturated carbocycles. The Morgan fingerprint density at radius 1 is 1.38 bits per heavy atom. The van der Waals surface area contributed by atoms with Crippen LogP contribution in [0.1, 0.15) is 34.7 Å². The Morgan fingerprint density at radius 3 is 2.83 bits per heavy atom. The standard InChI is InChI=1S/C18H22N4O2/c1-4-12-13-7-5-6-8-14(13)20-17(12)18(23)21-15(11-24-3)16-9-10-19-22(16)2/h5-10,15,20H,4,11H2,1-3H3,(H,21,23). The molecule has 1 amide bonds. The summed E-state index contributed by atoms with van der Waals surface area (Å²) in [5.74, 6) is -0.133. The van der Waals surface area contributed by atoms with Gasteiger partial charge >= 0.3 is 0 Å². The molecule has 0 fully saturated rings. The van der Waals surface area contributed by atoms with Gasteiger partial charge in [-0.15, -0.1) is 0 Å². The van der Waals surface area contributed by atoms with Crippen LogP contribution in [0.5, 0.6) is 0 Å². The number of aromatic amines is 1. The van der Waals surface area contributed by atoms with Gasteiger partial charge in [0.1, 0.15) is 5.69 Å². The van der Waals surface area contributed by atoms with Crippen LogP contribution in [0.25, 0.3) is 10.9 Å². The van der Waals surface area contributed by atoms with Crippen molar-refractivity contribution in [3.63, 3.8) is 0 Å². The number of H-pyrrole nitrogens is 1. The number of benzene rings is 1. The molecule has 3 rings (SSSR count). The zero-order valence-corrected chi connectivity index (χ0v) is 14.2. The van der Waals surface area contributed by atoms with Crippen LogP contribution in [-0.4, -0.2) is 34.4 Å². The number of amides is 1. The molecule has 1 aromatic carbocycles. The van der Waals surface area contributed by atoms with E-state index in [1.165, 1.54) is 0 Å². The van der Waals surface area contributed by atoms with Gasteiger partial charge in [-0.25, -0.2) is 0 Å². The van der Waals surface area contributed by atoms with Crippen molar-refractivity contribution in [2.45, 2.75) is 19.4 Å². The molecule has 0 spiro atoms. The minimum atomic E-state index is -0.258. The lowest BCUT2D eigenvalue weighted by molar-refractivity contribution is 0.0887. The summed E-state index contributed by atoms with van der Waals surface area (Å²) in [5, 5.41) is 8.32. The number of nitrogens with one attached hydrogen (secondary N) is 2. The Kier molecular flexibility index (Phi) is 4.66. The molecule has 1 atom stereocenters. The average molecular weight is 326 g/mol. The first-order chi connectivity index (χ1) is 11.7. The molecule has 2 heterocycles. The molecule has 2 aromatic heterocycles. The number of para-hydroxylation sites is 1. The van der Waals surface area contributed by atoms with Crippen molar-refractivity contribution in [3.8, 4) is 0 Å². The van der Waals surface area contributed by atoms with E-state index >= 15 is 0 Å². The highest BCUT2D eigenvalue weighted by Crippen LogP contribution is 2.23. The fourth-order valence-electron chi connectivity index (χ4n) is 3.09. The minimum Gasteiger partial charge on any atom is -0.382 e. The third kappa shape index (κ3) is 2.92. The monoisotopic (exact) mass is 326 g/mol. The van der Waals surface area contributed by atoms with Crippen LogP contribution in [0.4, 0.5) is 0 Å². The molecule has 3 aromatic rings. The second-order valence-corrected chi connectivity index (χ2v) is 5.74. The lowest BCUT2D eigenvalue weighted by Crippen LogP contribution is -2.33. The highest BCUT2D eigenvalue weighted by atomic mass is 16.5. The van der Waals surface area contributed by atoms with Gasteiger partial charge in [0.25, 0.3) is 5.91 Å². The third-order valence-corrected chi connectivity index (χ3v) is 4.25. The number of carbonyl (C=O) groups is 1. The molecule has 1 unspecified atom stereocenters. The maximum atomic E-state index is 12.9. The van der Waals surface area contributed by atoms with E-state index in [1.807, 2.05) is 37.4 Å². The Morgan fingerprint density at radius 2 is 2.17 bits per heavy atom. The molecule has 0 aliphatic carbocycles. The van der Waals surface area contributed by atoms with Crippen molar-refractivity contribution in [1.29, 1.82) is 0 Å². The number of aromatic nitrogens is 3. The van der Waals surface area contributed by atoms with Gasteiger partial charge in [0, 0.05) is 31.3 Å². The molecule has 2 N–H and O–H groups in total. The number of methoxy groups -OCH3 is 1. The van der Waals surface area contributed by atoms with Gasteiger partial charge in [-0.1, -0.05) is 25.1 Å². The first kappa shape index (κ1) is 16.3. The molecular formula is C18H22N4O2. The molecule has 0 saturated heterocycles. The van der Waals surface area contributed by atoms with Crippen molar-refractivity contribution in [3.05, 3.63) is 53.5 Å². The van der Waals surface area contributed by atoms with Crippen LogP contribution in [0.3, 0.4) is 0 Å². The first-order valence-corrected chi connectivity index (χ1v) is 8.03. The van der Waals surface area contributed by atoms with Crippen LogP contribution in [0.15, 0.2) is 36.5 Å². The molecule has 6 nitrogen and oxygen atoms in total. The first-order valence-electron chi connectivity index (χ1n) is 8.03. The van der Waals surface area contributed by atoms with Crippen LogP contribution < -0.4 is 5.32 Å². The molecule has 24 heavy (non-hydrogen) atoms. The van der Waals surface area contributed by atoms with Gasteiger partial charge in [-0.3, -0.25) is 9.48 Å². The molecule has 0 aliphatic rings. The lowest BCUT2D eigenvalue weighted by Gasteiger charge is -2.18. The highest BCUT2D eigenvalue weighted by molar-refractivity contribution is 6.01. The molecule has 0 aliphatic heterocycles. The number of ether oxygens (including phenoxy) is 1. The van der Waals surface area contributed by atoms with Crippen molar-refractivity contribution in [1.82, 2.24) is 20.1 Å². The smallest absolute Gasteiger partial charge is 0.268 e. The Balaban J connectivity index is 1.92. The van der Waals surface area contributed by atoms with Crippen LogP contribution >= 0.6 is 0 Å². The predicted molar refractivity (Wildman–Crippen MR) is 93.0 cm³/mol.